The zero-order chi connectivity index (χ0) is 23.1. The second-order valence-corrected chi connectivity index (χ2v) is 10.2. The molecule has 0 spiro atoms. The predicted molar refractivity (Wildman–Crippen MR) is 130 cm³/mol. The Bertz CT molecular complexity index is 1150. The van der Waals surface area contributed by atoms with Crippen molar-refractivity contribution in [3.63, 3.8) is 0 Å². The van der Waals surface area contributed by atoms with Gasteiger partial charge in [-0.3, -0.25) is 9.10 Å². The number of carbonyl (C=O) groups excluding carboxylic acids is 1. The molecule has 0 aliphatic heterocycles. The third-order valence-electron chi connectivity index (χ3n) is 4.63. The van der Waals surface area contributed by atoms with Crippen LogP contribution in [0.1, 0.15) is 12.0 Å². The fraction of sp³-hybridized carbons (Fsp3) is 0.174. The van der Waals surface area contributed by atoms with Crippen molar-refractivity contribution in [2.75, 3.05) is 17.4 Å². The number of nitrogens with one attached hydrogen (secondary N) is 1. The van der Waals surface area contributed by atoms with Gasteiger partial charge in [0.15, 0.2) is 0 Å². The van der Waals surface area contributed by atoms with E-state index >= 15 is 0 Å². The van der Waals surface area contributed by atoms with Crippen LogP contribution in [0.15, 0.2) is 77.7 Å². The summed E-state index contributed by atoms with van der Waals surface area (Å²) in [6.45, 7) is -0.00811. The minimum Gasteiger partial charge on any atom is -0.355 e. The highest BCUT2D eigenvalue weighted by atomic mass is 35.5. The zero-order valence-electron chi connectivity index (χ0n) is 17.0. The molecule has 0 atom stereocenters. The van der Waals surface area contributed by atoms with Crippen molar-refractivity contribution in [2.24, 2.45) is 0 Å². The molecule has 0 bridgehead atoms. The average molecular weight is 512 g/mol. The SMILES string of the molecule is O=C(CN(c1cc(Cl)cc(Cl)c1)S(=O)(=O)c1ccccc1)NCCCc1ccc(Cl)cc1. The summed E-state index contributed by atoms with van der Waals surface area (Å²) >= 11 is 18.1. The maximum atomic E-state index is 13.3. The summed E-state index contributed by atoms with van der Waals surface area (Å²) in [5, 5.41) is 3.99. The minimum atomic E-state index is -4.02. The van der Waals surface area contributed by atoms with Crippen LogP contribution in [0.3, 0.4) is 0 Å². The number of carbonyl (C=O) groups is 1. The van der Waals surface area contributed by atoms with Crippen LogP contribution in [0, 0.1) is 0 Å². The van der Waals surface area contributed by atoms with Crippen molar-refractivity contribution in [3.05, 3.63) is 93.4 Å². The second kappa shape index (κ2) is 11.1. The molecule has 0 saturated heterocycles. The molecule has 0 saturated carbocycles. The standard InChI is InChI=1S/C23H21Cl3N2O3S/c24-18-10-8-17(9-11-18)5-4-12-27-23(29)16-28(21-14-19(25)13-20(26)15-21)32(30,31)22-6-2-1-3-7-22/h1-3,6-11,13-15H,4-5,12,16H2,(H,27,29). The Hall–Kier alpha value is -2.25. The highest BCUT2D eigenvalue weighted by Crippen LogP contribution is 2.29. The summed E-state index contributed by atoms with van der Waals surface area (Å²) in [4.78, 5) is 12.7. The van der Waals surface area contributed by atoms with Gasteiger partial charge >= 0.3 is 0 Å². The number of anilines is 1. The average Bonchev–Trinajstić information content (AvgIpc) is 2.76. The lowest BCUT2D eigenvalue weighted by molar-refractivity contribution is -0.119. The van der Waals surface area contributed by atoms with E-state index in [1.807, 2.05) is 24.3 Å². The topological polar surface area (TPSA) is 66.5 Å². The normalized spacial score (nSPS) is 11.2. The van der Waals surface area contributed by atoms with E-state index in [-0.39, 0.29) is 20.6 Å². The first-order valence-electron chi connectivity index (χ1n) is 9.81. The maximum Gasteiger partial charge on any atom is 0.264 e. The molecule has 0 aromatic heterocycles. The summed E-state index contributed by atoms with van der Waals surface area (Å²) < 4.78 is 27.6. The highest BCUT2D eigenvalue weighted by Gasteiger charge is 2.27. The Balaban J connectivity index is 1.72. The second-order valence-electron chi connectivity index (χ2n) is 7.03. The first-order valence-corrected chi connectivity index (χ1v) is 12.4. The summed E-state index contributed by atoms with van der Waals surface area (Å²) in [7, 11) is -4.02. The third-order valence-corrected chi connectivity index (χ3v) is 7.11. The van der Waals surface area contributed by atoms with Crippen molar-refractivity contribution < 1.29 is 13.2 Å². The van der Waals surface area contributed by atoms with Crippen LogP contribution in [-0.2, 0) is 21.2 Å². The molecule has 1 N–H and O–H groups in total. The van der Waals surface area contributed by atoms with Crippen LogP contribution in [0.2, 0.25) is 15.1 Å². The molecule has 0 heterocycles. The zero-order valence-corrected chi connectivity index (χ0v) is 20.1. The maximum absolute atomic E-state index is 13.3. The first-order chi connectivity index (χ1) is 15.3. The molecule has 0 radical (unpaired) electrons. The Morgan fingerprint density at radius 2 is 1.47 bits per heavy atom. The molecule has 1 amide bonds. The quantitative estimate of drug-likeness (QED) is 0.381. The molecule has 3 aromatic carbocycles. The largest absolute Gasteiger partial charge is 0.355 e. The summed E-state index contributed by atoms with van der Waals surface area (Å²) in [5.74, 6) is -0.434. The van der Waals surface area contributed by atoms with Gasteiger partial charge in [0.1, 0.15) is 6.54 Å². The number of aryl methyl sites for hydroxylation is 1. The lowest BCUT2D eigenvalue weighted by atomic mass is 10.1. The van der Waals surface area contributed by atoms with Gasteiger partial charge < -0.3 is 5.32 Å². The smallest absolute Gasteiger partial charge is 0.264 e. The molecular weight excluding hydrogens is 491 g/mol. The molecule has 3 rings (SSSR count). The van der Waals surface area contributed by atoms with Gasteiger partial charge in [-0.05, 0) is 60.9 Å². The van der Waals surface area contributed by atoms with Crippen molar-refractivity contribution >= 4 is 56.4 Å². The van der Waals surface area contributed by atoms with Crippen LogP contribution >= 0.6 is 34.8 Å². The highest BCUT2D eigenvalue weighted by molar-refractivity contribution is 7.92. The van der Waals surface area contributed by atoms with Crippen LogP contribution < -0.4 is 9.62 Å². The van der Waals surface area contributed by atoms with Crippen molar-refractivity contribution in [3.8, 4) is 0 Å². The molecule has 9 heteroatoms. The fourth-order valence-corrected chi connectivity index (χ4v) is 5.14. The third kappa shape index (κ3) is 6.62. The number of rotatable bonds is 9. The van der Waals surface area contributed by atoms with Crippen molar-refractivity contribution in [1.82, 2.24) is 5.32 Å². The molecule has 32 heavy (non-hydrogen) atoms. The minimum absolute atomic E-state index is 0.0617. The number of halogens is 3. The van der Waals surface area contributed by atoms with Gasteiger partial charge in [0.2, 0.25) is 5.91 Å². The van der Waals surface area contributed by atoms with Gasteiger partial charge in [0, 0.05) is 21.6 Å². The number of sulfonamides is 1. The van der Waals surface area contributed by atoms with Crippen LogP contribution in [0.25, 0.3) is 0 Å². The Kier molecular flexibility index (Phi) is 8.43. The molecule has 0 aliphatic carbocycles. The van der Waals surface area contributed by atoms with E-state index in [2.05, 4.69) is 5.32 Å². The first kappa shape index (κ1) is 24.4. The van der Waals surface area contributed by atoms with E-state index in [9.17, 15) is 13.2 Å². The number of hydrogen-bond donors (Lipinski definition) is 1. The van der Waals surface area contributed by atoms with E-state index in [1.54, 1.807) is 18.2 Å². The van der Waals surface area contributed by atoms with Crippen LogP contribution in [0.4, 0.5) is 5.69 Å². The van der Waals surface area contributed by atoms with Gasteiger partial charge in [-0.25, -0.2) is 8.42 Å². The van der Waals surface area contributed by atoms with E-state index in [0.717, 1.165) is 16.3 Å². The number of nitrogens with zero attached hydrogens (tertiary/aromatic N) is 1. The number of benzene rings is 3. The van der Waals surface area contributed by atoms with Gasteiger partial charge in [0.05, 0.1) is 10.6 Å². The molecule has 5 nitrogen and oxygen atoms in total. The van der Waals surface area contributed by atoms with E-state index in [4.69, 9.17) is 34.8 Å². The number of hydrogen-bond acceptors (Lipinski definition) is 3. The van der Waals surface area contributed by atoms with E-state index < -0.39 is 22.5 Å². The Morgan fingerprint density at radius 3 is 2.09 bits per heavy atom. The van der Waals surface area contributed by atoms with Crippen molar-refractivity contribution in [2.45, 2.75) is 17.7 Å². The fourth-order valence-electron chi connectivity index (χ4n) is 3.08. The van der Waals surface area contributed by atoms with Gasteiger partial charge in [-0.1, -0.05) is 65.1 Å². The molecule has 0 unspecified atom stereocenters. The Labute approximate surface area is 203 Å². The summed E-state index contributed by atoms with van der Waals surface area (Å²) in [6.07, 6.45) is 1.45. The molecule has 168 valence electrons. The summed E-state index contributed by atoms with van der Waals surface area (Å²) in [6, 6.07) is 19.8. The lowest BCUT2D eigenvalue weighted by Crippen LogP contribution is -2.41. The Morgan fingerprint density at radius 1 is 0.844 bits per heavy atom. The van der Waals surface area contributed by atoms with E-state index in [1.165, 1.54) is 30.3 Å². The monoisotopic (exact) mass is 510 g/mol. The molecular formula is C23H21Cl3N2O3S. The van der Waals surface area contributed by atoms with Gasteiger partial charge in [-0.15, -0.1) is 0 Å². The van der Waals surface area contributed by atoms with Crippen LogP contribution in [0.5, 0.6) is 0 Å². The predicted octanol–water partition coefficient (Wildman–Crippen LogP) is 5.59. The molecule has 3 aromatic rings. The molecule has 0 aliphatic rings. The van der Waals surface area contributed by atoms with Crippen molar-refractivity contribution in [1.29, 1.82) is 0 Å². The van der Waals surface area contributed by atoms with Crippen LogP contribution in [-0.4, -0.2) is 27.4 Å². The number of amides is 1. The van der Waals surface area contributed by atoms with E-state index in [0.29, 0.717) is 18.0 Å². The molecule has 0 fully saturated rings. The summed E-state index contributed by atoms with van der Waals surface area (Å²) in [5.41, 5.74) is 1.31. The lowest BCUT2D eigenvalue weighted by Gasteiger charge is -2.24. The van der Waals surface area contributed by atoms with Gasteiger partial charge in [-0.2, -0.15) is 0 Å². The van der Waals surface area contributed by atoms with Gasteiger partial charge in [0.25, 0.3) is 10.0 Å².